The van der Waals surface area contributed by atoms with E-state index >= 15 is 0 Å². The highest BCUT2D eigenvalue weighted by molar-refractivity contribution is 5.94. The maximum atomic E-state index is 12.8. The number of halogens is 1. The molecule has 7 nitrogen and oxygen atoms in total. The molecule has 3 amide bonds. The van der Waals surface area contributed by atoms with Crippen LogP contribution in [0.1, 0.15) is 23.0 Å². The molecule has 0 bridgehead atoms. The highest BCUT2D eigenvalue weighted by atomic mass is 19.1. The molecule has 2 rings (SSSR count). The van der Waals surface area contributed by atoms with Gasteiger partial charge >= 0.3 is 0 Å². The van der Waals surface area contributed by atoms with Gasteiger partial charge < -0.3 is 20.0 Å². The predicted octanol–water partition coefficient (Wildman–Crippen LogP) is 1.31. The van der Waals surface area contributed by atoms with Crippen molar-refractivity contribution in [1.29, 1.82) is 0 Å². The minimum absolute atomic E-state index is 0.109. The number of furan rings is 1. The molecular weight excluding hydrogens is 341 g/mol. The molecule has 1 aromatic heterocycles. The van der Waals surface area contributed by atoms with Crippen LogP contribution in [0.15, 0.2) is 47.1 Å². The van der Waals surface area contributed by atoms with E-state index in [1.54, 1.807) is 25.1 Å². The number of carbonyl (C=O) groups is 3. The Morgan fingerprint density at radius 1 is 1.12 bits per heavy atom. The molecule has 26 heavy (non-hydrogen) atoms. The van der Waals surface area contributed by atoms with Gasteiger partial charge in [0.25, 0.3) is 5.91 Å². The first-order valence-corrected chi connectivity index (χ1v) is 8.10. The zero-order valence-electron chi connectivity index (χ0n) is 14.3. The van der Waals surface area contributed by atoms with Gasteiger partial charge in [-0.25, -0.2) is 4.39 Å². The molecule has 0 aliphatic carbocycles. The number of hydrogen-bond donors (Lipinski definition) is 2. The zero-order valence-corrected chi connectivity index (χ0v) is 14.3. The molecule has 0 unspecified atom stereocenters. The number of amides is 3. The normalized spacial score (nSPS) is 10.2. The van der Waals surface area contributed by atoms with Gasteiger partial charge in [-0.1, -0.05) is 12.1 Å². The van der Waals surface area contributed by atoms with E-state index in [0.29, 0.717) is 6.54 Å². The van der Waals surface area contributed by atoms with Crippen molar-refractivity contribution in [3.8, 4) is 0 Å². The van der Waals surface area contributed by atoms with E-state index in [4.69, 9.17) is 4.42 Å². The Labute approximate surface area is 150 Å². The van der Waals surface area contributed by atoms with Gasteiger partial charge in [-0.15, -0.1) is 0 Å². The minimum Gasteiger partial charge on any atom is -0.459 e. The minimum atomic E-state index is -0.500. The topological polar surface area (TPSA) is 91.7 Å². The van der Waals surface area contributed by atoms with E-state index in [-0.39, 0.29) is 43.0 Å². The molecular formula is C18H20FN3O4. The van der Waals surface area contributed by atoms with Crippen molar-refractivity contribution >= 4 is 17.7 Å². The van der Waals surface area contributed by atoms with Crippen LogP contribution < -0.4 is 10.6 Å². The third-order valence-corrected chi connectivity index (χ3v) is 3.62. The lowest BCUT2D eigenvalue weighted by atomic mass is 10.2. The van der Waals surface area contributed by atoms with Crippen LogP contribution in [-0.2, 0) is 16.1 Å². The van der Waals surface area contributed by atoms with Crippen molar-refractivity contribution in [2.45, 2.75) is 13.5 Å². The highest BCUT2D eigenvalue weighted by Gasteiger charge is 2.17. The van der Waals surface area contributed by atoms with Crippen LogP contribution in [-0.4, -0.2) is 42.3 Å². The molecule has 2 aromatic rings. The lowest BCUT2D eigenvalue weighted by Gasteiger charge is -2.20. The first-order chi connectivity index (χ1) is 12.5. The average Bonchev–Trinajstić information content (AvgIpc) is 3.18. The number of likely N-dealkylation sites (N-methyl/N-ethyl adjacent to an activating group) is 1. The Balaban J connectivity index is 1.77. The van der Waals surface area contributed by atoms with Crippen molar-refractivity contribution in [3.05, 3.63) is 59.8 Å². The molecule has 2 N–H and O–H groups in total. The standard InChI is InChI=1S/C18H20FN3O4/c1-2-22(17(24)11-21-18(25)15-4-3-9-26-15)12-16(23)20-10-13-5-7-14(19)8-6-13/h3-9H,2,10-12H2,1H3,(H,20,23)(H,21,25). The lowest BCUT2D eigenvalue weighted by Crippen LogP contribution is -2.44. The van der Waals surface area contributed by atoms with Crippen LogP contribution in [0.2, 0.25) is 0 Å². The smallest absolute Gasteiger partial charge is 0.287 e. The van der Waals surface area contributed by atoms with Crippen molar-refractivity contribution in [2.75, 3.05) is 19.6 Å². The van der Waals surface area contributed by atoms with Crippen LogP contribution in [0.4, 0.5) is 4.39 Å². The number of carbonyl (C=O) groups excluding carboxylic acids is 3. The van der Waals surface area contributed by atoms with E-state index in [1.807, 2.05) is 0 Å². The molecule has 0 radical (unpaired) electrons. The molecule has 0 atom stereocenters. The van der Waals surface area contributed by atoms with Crippen molar-refractivity contribution in [1.82, 2.24) is 15.5 Å². The summed E-state index contributed by atoms with van der Waals surface area (Å²) in [6.45, 7) is 1.92. The largest absolute Gasteiger partial charge is 0.459 e. The number of benzene rings is 1. The summed E-state index contributed by atoms with van der Waals surface area (Å²) in [5.41, 5.74) is 0.750. The van der Waals surface area contributed by atoms with Crippen LogP contribution in [0.5, 0.6) is 0 Å². The Bertz CT molecular complexity index is 744. The van der Waals surface area contributed by atoms with Gasteiger partial charge in [-0.3, -0.25) is 14.4 Å². The molecule has 0 saturated heterocycles. The van der Waals surface area contributed by atoms with Crippen LogP contribution in [0.3, 0.4) is 0 Å². The maximum Gasteiger partial charge on any atom is 0.287 e. The van der Waals surface area contributed by atoms with Gasteiger partial charge in [-0.05, 0) is 36.8 Å². The monoisotopic (exact) mass is 361 g/mol. The van der Waals surface area contributed by atoms with Crippen LogP contribution in [0, 0.1) is 5.82 Å². The molecule has 1 aromatic carbocycles. The van der Waals surface area contributed by atoms with E-state index in [2.05, 4.69) is 10.6 Å². The number of rotatable bonds is 8. The fourth-order valence-corrected chi connectivity index (χ4v) is 2.17. The average molecular weight is 361 g/mol. The van der Waals surface area contributed by atoms with E-state index in [9.17, 15) is 18.8 Å². The number of hydrogen-bond acceptors (Lipinski definition) is 4. The van der Waals surface area contributed by atoms with Gasteiger partial charge in [0, 0.05) is 13.1 Å². The van der Waals surface area contributed by atoms with Crippen LogP contribution >= 0.6 is 0 Å². The summed E-state index contributed by atoms with van der Waals surface area (Å²) in [6, 6.07) is 8.82. The van der Waals surface area contributed by atoms with Crippen molar-refractivity contribution in [2.24, 2.45) is 0 Å². The van der Waals surface area contributed by atoms with Crippen molar-refractivity contribution < 1.29 is 23.2 Å². The lowest BCUT2D eigenvalue weighted by molar-refractivity contribution is -0.135. The van der Waals surface area contributed by atoms with E-state index in [1.165, 1.54) is 29.4 Å². The second kappa shape index (κ2) is 9.36. The Kier molecular flexibility index (Phi) is 6.90. The summed E-state index contributed by atoms with van der Waals surface area (Å²) in [7, 11) is 0. The summed E-state index contributed by atoms with van der Waals surface area (Å²) in [5, 5.41) is 5.11. The number of nitrogens with one attached hydrogen (secondary N) is 2. The summed E-state index contributed by atoms with van der Waals surface area (Å²) in [6.07, 6.45) is 1.36. The Morgan fingerprint density at radius 3 is 2.46 bits per heavy atom. The maximum absolute atomic E-state index is 12.8. The molecule has 8 heteroatoms. The SMILES string of the molecule is CCN(CC(=O)NCc1ccc(F)cc1)C(=O)CNC(=O)c1ccco1. The molecule has 0 saturated carbocycles. The second-order valence-electron chi connectivity index (χ2n) is 5.47. The van der Waals surface area contributed by atoms with Gasteiger partial charge in [0.1, 0.15) is 5.82 Å². The highest BCUT2D eigenvalue weighted by Crippen LogP contribution is 2.02. The first-order valence-electron chi connectivity index (χ1n) is 8.10. The Morgan fingerprint density at radius 2 is 1.85 bits per heavy atom. The molecule has 138 valence electrons. The van der Waals surface area contributed by atoms with Gasteiger partial charge in [-0.2, -0.15) is 0 Å². The summed E-state index contributed by atoms with van der Waals surface area (Å²) in [5.74, 6) is -1.47. The summed E-state index contributed by atoms with van der Waals surface area (Å²) in [4.78, 5) is 37.2. The quantitative estimate of drug-likeness (QED) is 0.742. The van der Waals surface area contributed by atoms with Crippen LogP contribution in [0.25, 0.3) is 0 Å². The molecule has 0 spiro atoms. The van der Waals surface area contributed by atoms with Gasteiger partial charge in [0.2, 0.25) is 11.8 Å². The van der Waals surface area contributed by atoms with Gasteiger partial charge in [0.15, 0.2) is 5.76 Å². The molecule has 0 aliphatic rings. The number of nitrogens with zero attached hydrogens (tertiary/aromatic N) is 1. The fourth-order valence-electron chi connectivity index (χ4n) is 2.17. The summed E-state index contributed by atoms with van der Waals surface area (Å²) < 4.78 is 17.8. The molecule has 0 fully saturated rings. The summed E-state index contributed by atoms with van der Waals surface area (Å²) >= 11 is 0. The third kappa shape index (κ3) is 5.73. The second-order valence-corrected chi connectivity index (χ2v) is 5.47. The van der Waals surface area contributed by atoms with E-state index in [0.717, 1.165) is 5.56 Å². The molecule has 1 heterocycles. The fraction of sp³-hybridized carbons (Fsp3) is 0.278. The third-order valence-electron chi connectivity index (χ3n) is 3.62. The Hall–Kier alpha value is -3.16. The van der Waals surface area contributed by atoms with Gasteiger partial charge in [0.05, 0.1) is 19.4 Å². The van der Waals surface area contributed by atoms with Crippen molar-refractivity contribution in [3.63, 3.8) is 0 Å². The first kappa shape index (κ1) is 19.2. The van der Waals surface area contributed by atoms with E-state index < -0.39 is 5.91 Å². The predicted molar refractivity (Wildman–Crippen MR) is 91.5 cm³/mol. The molecule has 0 aliphatic heterocycles. The zero-order chi connectivity index (χ0) is 18.9.